The van der Waals surface area contributed by atoms with E-state index in [0.29, 0.717) is 12.1 Å². The molecule has 4 heteroatoms. The second-order valence-electron chi connectivity index (χ2n) is 5.38. The van der Waals surface area contributed by atoms with Gasteiger partial charge in [0.1, 0.15) is 0 Å². The van der Waals surface area contributed by atoms with Gasteiger partial charge in [0.25, 0.3) is 0 Å². The standard InChI is InChI=1S/C14H20BrN3/c1-17-6-7-18-13(10-17)8-16-9-14(18)11-2-4-12(15)5-3-11/h2-5,13-14,16H,6-10H2,1H3. The molecule has 0 spiro atoms. The van der Waals surface area contributed by atoms with Crippen LogP contribution in [-0.4, -0.2) is 55.6 Å². The number of benzene rings is 1. The molecule has 2 atom stereocenters. The van der Waals surface area contributed by atoms with Crippen LogP contribution >= 0.6 is 15.9 Å². The Hall–Kier alpha value is -0.420. The lowest BCUT2D eigenvalue weighted by molar-refractivity contribution is 0.0290. The van der Waals surface area contributed by atoms with E-state index in [9.17, 15) is 0 Å². The topological polar surface area (TPSA) is 18.5 Å². The van der Waals surface area contributed by atoms with E-state index in [0.717, 1.165) is 17.6 Å². The number of hydrogen-bond acceptors (Lipinski definition) is 3. The van der Waals surface area contributed by atoms with E-state index in [1.807, 2.05) is 0 Å². The highest BCUT2D eigenvalue weighted by Crippen LogP contribution is 2.28. The fourth-order valence-electron chi connectivity index (χ4n) is 3.11. The van der Waals surface area contributed by atoms with Gasteiger partial charge in [-0.3, -0.25) is 4.90 Å². The van der Waals surface area contributed by atoms with E-state index in [1.165, 1.54) is 25.2 Å². The second kappa shape index (κ2) is 5.29. The van der Waals surface area contributed by atoms with Gasteiger partial charge in [-0.2, -0.15) is 0 Å². The van der Waals surface area contributed by atoms with Crippen LogP contribution in [0, 0.1) is 0 Å². The lowest BCUT2D eigenvalue weighted by atomic mass is 9.98. The largest absolute Gasteiger partial charge is 0.313 e. The fraction of sp³-hybridized carbons (Fsp3) is 0.571. The van der Waals surface area contributed by atoms with Gasteiger partial charge in [0.2, 0.25) is 0 Å². The highest BCUT2D eigenvalue weighted by atomic mass is 79.9. The molecular weight excluding hydrogens is 290 g/mol. The maximum absolute atomic E-state index is 3.59. The lowest BCUT2D eigenvalue weighted by Gasteiger charge is -2.48. The molecule has 0 aliphatic carbocycles. The minimum atomic E-state index is 0.533. The van der Waals surface area contributed by atoms with Crippen molar-refractivity contribution in [2.75, 3.05) is 39.8 Å². The quantitative estimate of drug-likeness (QED) is 0.852. The first-order valence-corrected chi connectivity index (χ1v) is 7.44. The third-order valence-electron chi connectivity index (χ3n) is 4.10. The highest BCUT2D eigenvalue weighted by molar-refractivity contribution is 9.10. The number of rotatable bonds is 1. The van der Waals surface area contributed by atoms with Gasteiger partial charge in [0, 0.05) is 49.3 Å². The molecule has 98 valence electrons. The molecule has 0 bridgehead atoms. The van der Waals surface area contributed by atoms with Crippen LogP contribution in [0.25, 0.3) is 0 Å². The third kappa shape index (κ3) is 2.48. The maximum atomic E-state index is 3.59. The zero-order valence-electron chi connectivity index (χ0n) is 10.8. The molecule has 3 rings (SSSR count). The molecule has 2 fully saturated rings. The smallest absolute Gasteiger partial charge is 0.0477 e. The summed E-state index contributed by atoms with van der Waals surface area (Å²) in [7, 11) is 2.22. The lowest BCUT2D eigenvalue weighted by Crippen LogP contribution is -2.61. The summed E-state index contributed by atoms with van der Waals surface area (Å²) in [6, 6.07) is 9.98. The summed E-state index contributed by atoms with van der Waals surface area (Å²) in [5.74, 6) is 0. The molecule has 2 unspecified atom stereocenters. The van der Waals surface area contributed by atoms with Crippen LogP contribution in [0.5, 0.6) is 0 Å². The van der Waals surface area contributed by atoms with Gasteiger partial charge in [-0.1, -0.05) is 28.1 Å². The van der Waals surface area contributed by atoms with E-state index in [4.69, 9.17) is 0 Å². The van der Waals surface area contributed by atoms with Crippen molar-refractivity contribution in [1.29, 1.82) is 0 Å². The van der Waals surface area contributed by atoms with Crippen LogP contribution in [0.1, 0.15) is 11.6 Å². The minimum absolute atomic E-state index is 0.533. The van der Waals surface area contributed by atoms with E-state index in [-0.39, 0.29) is 0 Å². The number of fused-ring (bicyclic) bond motifs is 1. The molecule has 1 aromatic rings. The third-order valence-corrected chi connectivity index (χ3v) is 4.63. The van der Waals surface area contributed by atoms with Crippen molar-refractivity contribution in [3.63, 3.8) is 0 Å². The zero-order chi connectivity index (χ0) is 12.5. The molecule has 0 amide bonds. The SMILES string of the molecule is CN1CCN2C(CNCC2c2ccc(Br)cc2)C1. The first-order chi connectivity index (χ1) is 8.74. The zero-order valence-corrected chi connectivity index (χ0v) is 12.4. The van der Waals surface area contributed by atoms with Gasteiger partial charge in [-0.25, -0.2) is 0 Å². The normalized spacial score (nSPS) is 30.1. The number of halogens is 1. The Morgan fingerprint density at radius 2 is 1.94 bits per heavy atom. The van der Waals surface area contributed by atoms with E-state index < -0.39 is 0 Å². The average molecular weight is 310 g/mol. The first-order valence-electron chi connectivity index (χ1n) is 6.64. The number of likely N-dealkylation sites (N-methyl/N-ethyl adjacent to an activating group) is 1. The molecular formula is C14H20BrN3. The van der Waals surface area contributed by atoms with E-state index in [2.05, 4.69) is 62.4 Å². The van der Waals surface area contributed by atoms with Crippen LogP contribution in [0.2, 0.25) is 0 Å². The van der Waals surface area contributed by atoms with Gasteiger partial charge >= 0.3 is 0 Å². The first kappa shape index (κ1) is 12.6. The van der Waals surface area contributed by atoms with Crippen molar-refractivity contribution in [1.82, 2.24) is 15.1 Å². The van der Waals surface area contributed by atoms with Crippen molar-refractivity contribution in [3.8, 4) is 0 Å². The monoisotopic (exact) mass is 309 g/mol. The molecule has 0 saturated carbocycles. The molecule has 2 aliphatic rings. The van der Waals surface area contributed by atoms with Crippen LogP contribution in [0.4, 0.5) is 0 Å². The van der Waals surface area contributed by atoms with Crippen LogP contribution in [0.15, 0.2) is 28.7 Å². The number of nitrogens with zero attached hydrogens (tertiary/aromatic N) is 2. The van der Waals surface area contributed by atoms with Crippen LogP contribution < -0.4 is 5.32 Å². The Kier molecular flexibility index (Phi) is 3.71. The fourth-order valence-corrected chi connectivity index (χ4v) is 3.38. The number of nitrogens with one attached hydrogen (secondary N) is 1. The van der Waals surface area contributed by atoms with Gasteiger partial charge in [-0.15, -0.1) is 0 Å². The van der Waals surface area contributed by atoms with E-state index >= 15 is 0 Å². The van der Waals surface area contributed by atoms with Crippen molar-refractivity contribution in [2.45, 2.75) is 12.1 Å². The molecule has 18 heavy (non-hydrogen) atoms. The van der Waals surface area contributed by atoms with Crippen LogP contribution in [0.3, 0.4) is 0 Å². The summed E-state index contributed by atoms with van der Waals surface area (Å²) in [5.41, 5.74) is 1.43. The maximum Gasteiger partial charge on any atom is 0.0477 e. The molecule has 1 aromatic carbocycles. The Morgan fingerprint density at radius 1 is 1.17 bits per heavy atom. The van der Waals surface area contributed by atoms with Gasteiger partial charge in [-0.05, 0) is 24.7 Å². The van der Waals surface area contributed by atoms with Crippen molar-refractivity contribution in [3.05, 3.63) is 34.3 Å². The summed E-state index contributed by atoms with van der Waals surface area (Å²) >= 11 is 3.51. The minimum Gasteiger partial charge on any atom is -0.313 e. The number of hydrogen-bond donors (Lipinski definition) is 1. The summed E-state index contributed by atoms with van der Waals surface area (Å²) < 4.78 is 1.16. The van der Waals surface area contributed by atoms with Crippen molar-refractivity contribution < 1.29 is 0 Å². The van der Waals surface area contributed by atoms with Crippen LogP contribution in [-0.2, 0) is 0 Å². The van der Waals surface area contributed by atoms with E-state index in [1.54, 1.807) is 0 Å². The Balaban J connectivity index is 1.81. The summed E-state index contributed by atoms with van der Waals surface area (Å²) in [4.78, 5) is 5.12. The molecule has 0 aromatic heterocycles. The average Bonchev–Trinajstić information content (AvgIpc) is 2.38. The van der Waals surface area contributed by atoms with Gasteiger partial charge in [0.15, 0.2) is 0 Å². The van der Waals surface area contributed by atoms with Gasteiger partial charge in [0.05, 0.1) is 0 Å². The molecule has 1 N–H and O–H groups in total. The second-order valence-corrected chi connectivity index (χ2v) is 6.30. The molecule has 3 nitrogen and oxygen atoms in total. The predicted octanol–water partition coefficient (Wildman–Crippen LogP) is 1.71. The molecule has 2 aliphatic heterocycles. The van der Waals surface area contributed by atoms with Crippen molar-refractivity contribution in [2.24, 2.45) is 0 Å². The summed E-state index contributed by atoms with van der Waals surface area (Å²) in [5, 5.41) is 3.59. The van der Waals surface area contributed by atoms with Gasteiger partial charge < -0.3 is 10.2 Å². The molecule has 0 radical (unpaired) electrons. The Morgan fingerprint density at radius 3 is 2.72 bits per heavy atom. The summed E-state index contributed by atoms with van der Waals surface area (Å²) in [6.45, 7) is 5.74. The van der Waals surface area contributed by atoms with Crippen molar-refractivity contribution >= 4 is 15.9 Å². The Bertz CT molecular complexity index is 406. The number of piperazine rings is 2. The summed E-state index contributed by atoms with van der Waals surface area (Å²) in [6.07, 6.45) is 0. The Labute approximate surface area is 117 Å². The highest BCUT2D eigenvalue weighted by Gasteiger charge is 2.34. The predicted molar refractivity (Wildman–Crippen MR) is 77.7 cm³/mol. The molecule has 2 saturated heterocycles. The molecule has 2 heterocycles.